The van der Waals surface area contributed by atoms with E-state index in [1.54, 1.807) is 12.1 Å². The first-order chi connectivity index (χ1) is 15.2. The summed E-state index contributed by atoms with van der Waals surface area (Å²) in [5.41, 5.74) is 3.02. The van der Waals surface area contributed by atoms with Crippen LogP contribution in [-0.2, 0) is 22.5 Å². The predicted octanol–water partition coefficient (Wildman–Crippen LogP) is 2.19. The highest BCUT2D eigenvalue weighted by Gasteiger charge is 2.35. The molecule has 2 saturated heterocycles. The number of carbonyl (C=O) groups excluding carboxylic acids is 1. The van der Waals surface area contributed by atoms with Crippen LogP contribution in [0.2, 0.25) is 0 Å². The molecule has 0 spiro atoms. The summed E-state index contributed by atoms with van der Waals surface area (Å²) in [5, 5.41) is 11.9. The molecule has 162 valence electrons. The van der Waals surface area contributed by atoms with Gasteiger partial charge in [-0.15, -0.1) is 0 Å². The number of morpholine rings is 2. The second-order valence-corrected chi connectivity index (χ2v) is 8.51. The molecule has 2 aliphatic heterocycles. The zero-order valence-corrected chi connectivity index (χ0v) is 17.9. The first-order valence-corrected chi connectivity index (χ1v) is 11.1. The Labute approximate surface area is 184 Å². The smallest absolute Gasteiger partial charge is 0.234 e. The average Bonchev–Trinajstić information content (AvgIpc) is 2.78. The quantitative estimate of drug-likeness (QED) is 0.712. The summed E-state index contributed by atoms with van der Waals surface area (Å²) >= 11 is 0. The number of nitrogens with zero attached hydrogens (tertiary/aromatic N) is 3. The zero-order valence-electron chi connectivity index (χ0n) is 17.9. The molecule has 0 saturated carbocycles. The van der Waals surface area contributed by atoms with Crippen LogP contribution in [0.15, 0.2) is 54.6 Å². The first-order valence-electron chi connectivity index (χ1n) is 11.1. The van der Waals surface area contributed by atoms with Gasteiger partial charge in [0, 0.05) is 32.7 Å². The molecule has 1 amide bonds. The molecule has 2 atom stereocenters. The van der Waals surface area contributed by atoms with Crippen molar-refractivity contribution < 1.29 is 9.53 Å². The van der Waals surface area contributed by atoms with Crippen LogP contribution in [0.25, 0.3) is 0 Å². The van der Waals surface area contributed by atoms with E-state index in [0.29, 0.717) is 18.7 Å². The van der Waals surface area contributed by atoms with Crippen molar-refractivity contribution in [3.8, 4) is 6.07 Å². The van der Waals surface area contributed by atoms with Crippen molar-refractivity contribution in [3.05, 3.63) is 71.3 Å². The lowest BCUT2D eigenvalue weighted by molar-refractivity contribution is -0.145. The highest BCUT2D eigenvalue weighted by molar-refractivity contribution is 5.78. The van der Waals surface area contributed by atoms with E-state index >= 15 is 0 Å². The number of hydrogen-bond donors (Lipinski definition) is 1. The fourth-order valence-corrected chi connectivity index (χ4v) is 4.48. The van der Waals surface area contributed by atoms with E-state index in [1.807, 2.05) is 12.1 Å². The molecule has 2 heterocycles. The summed E-state index contributed by atoms with van der Waals surface area (Å²) in [6.45, 7) is 5.46. The Bertz CT molecular complexity index is 880. The maximum Gasteiger partial charge on any atom is 0.234 e. The number of rotatable bonds is 8. The minimum absolute atomic E-state index is 0.0315. The van der Waals surface area contributed by atoms with Gasteiger partial charge in [-0.2, -0.15) is 5.26 Å². The Morgan fingerprint density at radius 1 is 0.968 bits per heavy atom. The van der Waals surface area contributed by atoms with E-state index < -0.39 is 0 Å². The molecule has 31 heavy (non-hydrogen) atoms. The van der Waals surface area contributed by atoms with Crippen LogP contribution >= 0.6 is 0 Å². The summed E-state index contributed by atoms with van der Waals surface area (Å²) in [4.78, 5) is 17.1. The van der Waals surface area contributed by atoms with Crippen molar-refractivity contribution in [1.29, 1.82) is 5.26 Å². The average molecular weight is 419 g/mol. The molecular weight excluding hydrogens is 388 g/mol. The van der Waals surface area contributed by atoms with Gasteiger partial charge in [-0.3, -0.25) is 14.6 Å². The van der Waals surface area contributed by atoms with Crippen molar-refractivity contribution in [2.45, 2.75) is 31.6 Å². The van der Waals surface area contributed by atoms with E-state index in [0.717, 1.165) is 51.1 Å². The summed E-state index contributed by atoms with van der Waals surface area (Å²) < 4.78 is 6.14. The minimum atomic E-state index is 0.0315. The lowest BCUT2D eigenvalue weighted by Gasteiger charge is -2.45. The highest BCUT2D eigenvalue weighted by atomic mass is 16.5. The Morgan fingerprint density at radius 3 is 2.32 bits per heavy atom. The molecule has 1 N–H and O–H groups in total. The van der Waals surface area contributed by atoms with Gasteiger partial charge in [0.25, 0.3) is 0 Å². The van der Waals surface area contributed by atoms with Crippen LogP contribution in [0.5, 0.6) is 0 Å². The van der Waals surface area contributed by atoms with Gasteiger partial charge in [-0.05, 0) is 42.6 Å². The van der Waals surface area contributed by atoms with Gasteiger partial charge in [0.2, 0.25) is 5.91 Å². The summed E-state index contributed by atoms with van der Waals surface area (Å²) in [5.74, 6) is 0.0315. The van der Waals surface area contributed by atoms with E-state index in [4.69, 9.17) is 10.00 Å². The predicted molar refractivity (Wildman–Crippen MR) is 119 cm³/mol. The Morgan fingerprint density at radius 2 is 1.65 bits per heavy atom. The Hall–Kier alpha value is -2.72. The summed E-state index contributed by atoms with van der Waals surface area (Å²) in [7, 11) is 0. The second-order valence-electron chi connectivity index (χ2n) is 8.51. The number of ether oxygens (including phenoxy) is 1. The normalized spacial score (nSPS) is 21.4. The number of hydrogen-bond acceptors (Lipinski definition) is 5. The number of nitriles is 1. The molecule has 2 aromatic rings. The van der Waals surface area contributed by atoms with Gasteiger partial charge in [-0.1, -0.05) is 42.5 Å². The van der Waals surface area contributed by atoms with E-state index in [9.17, 15) is 4.79 Å². The van der Waals surface area contributed by atoms with E-state index in [2.05, 4.69) is 51.5 Å². The third kappa shape index (κ3) is 6.38. The van der Waals surface area contributed by atoms with Crippen molar-refractivity contribution in [2.24, 2.45) is 0 Å². The van der Waals surface area contributed by atoms with Crippen molar-refractivity contribution >= 4 is 5.91 Å². The van der Waals surface area contributed by atoms with E-state index in [1.165, 1.54) is 5.56 Å². The monoisotopic (exact) mass is 418 g/mol. The van der Waals surface area contributed by atoms with Gasteiger partial charge in [-0.25, -0.2) is 0 Å². The molecule has 4 rings (SSSR count). The zero-order chi connectivity index (χ0) is 21.5. The molecule has 6 nitrogen and oxygen atoms in total. The van der Waals surface area contributed by atoms with Crippen LogP contribution in [0.1, 0.15) is 23.1 Å². The number of benzene rings is 2. The summed E-state index contributed by atoms with van der Waals surface area (Å²) in [6, 6.07) is 20.1. The summed E-state index contributed by atoms with van der Waals surface area (Å²) in [6.07, 6.45) is 2.62. The van der Waals surface area contributed by atoms with Gasteiger partial charge in [0.05, 0.1) is 30.4 Å². The molecule has 2 aromatic carbocycles. The topological polar surface area (TPSA) is 68.6 Å². The van der Waals surface area contributed by atoms with Gasteiger partial charge in [0.1, 0.15) is 0 Å². The number of carbonyl (C=O) groups is 1. The van der Waals surface area contributed by atoms with E-state index in [-0.39, 0.29) is 18.1 Å². The maximum atomic E-state index is 12.4. The third-order valence-electron chi connectivity index (χ3n) is 5.95. The third-order valence-corrected chi connectivity index (χ3v) is 5.95. The Kier molecular flexibility index (Phi) is 7.31. The molecule has 2 bridgehead atoms. The number of aryl methyl sites for hydroxylation is 1. The standard InChI is InChI=1S/C25H30N4O2/c26-13-21-8-10-22(11-9-21)14-27-25(30)19-29-17-23-15-28(16-24(18-29)31-23)12-4-7-20-5-2-1-3-6-20/h1-3,5-6,8-11,23-24H,4,7,12,14-19H2,(H,27,30). The first kappa shape index (κ1) is 21.5. The molecule has 0 aromatic heterocycles. The molecular formula is C25H30N4O2. The molecule has 0 aliphatic carbocycles. The Balaban J connectivity index is 1.17. The van der Waals surface area contributed by atoms with Crippen LogP contribution in [0.4, 0.5) is 0 Å². The van der Waals surface area contributed by atoms with Crippen LogP contribution in [0.3, 0.4) is 0 Å². The highest BCUT2D eigenvalue weighted by Crippen LogP contribution is 2.19. The SMILES string of the molecule is N#Cc1ccc(CNC(=O)CN2CC3CN(CCCc4ccccc4)CC(C2)O3)cc1. The molecule has 0 radical (unpaired) electrons. The number of nitrogens with one attached hydrogen (secondary N) is 1. The van der Waals surface area contributed by atoms with Gasteiger partial charge < -0.3 is 10.1 Å². The fourth-order valence-electron chi connectivity index (χ4n) is 4.48. The van der Waals surface area contributed by atoms with Crippen LogP contribution in [0, 0.1) is 11.3 Å². The second kappa shape index (κ2) is 10.5. The van der Waals surface area contributed by atoms with Crippen LogP contribution in [-0.4, -0.2) is 67.2 Å². The minimum Gasteiger partial charge on any atom is -0.370 e. The fraction of sp³-hybridized carbons (Fsp3) is 0.440. The maximum absolute atomic E-state index is 12.4. The van der Waals surface area contributed by atoms with Crippen LogP contribution < -0.4 is 5.32 Å². The van der Waals surface area contributed by atoms with Gasteiger partial charge in [0.15, 0.2) is 0 Å². The van der Waals surface area contributed by atoms with Crippen molar-refractivity contribution in [3.63, 3.8) is 0 Å². The number of fused-ring (bicyclic) bond motifs is 2. The molecule has 6 heteroatoms. The lowest BCUT2D eigenvalue weighted by atomic mass is 10.1. The van der Waals surface area contributed by atoms with Gasteiger partial charge >= 0.3 is 0 Å². The molecule has 2 fully saturated rings. The molecule has 2 unspecified atom stereocenters. The lowest BCUT2D eigenvalue weighted by Crippen LogP contribution is -2.60. The van der Waals surface area contributed by atoms with Crippen molar-refractivity contribution in [2.75, 3.05) is 39.3 Å². The number of amides is 1. The largest absolute Gasteiger partial charge is 0.370 e. The van der Waals surface area contributed by atoms with Crippen molar-refractivity contribution in [1.82, 2.24) is 15.1 Å². The molecule has 2 aliphatic rings.